The van der Waals surface area contributed by atoms with Crippen LogP contribution in [-0.4, -0.2) is 48.8 Å². The lowest BCUT2D eigenvalue weighted by Gasteiger charge is -2.20. The van der Waals surface area contributed by atoms with Crippen molar-refractivity contribution >= 4 is 17.5 Å². The highest BCUT2D eigenvalue weighted by molar-refractivity contribution is 6.33. The second-order valence-electron chi connectivity index (χ2n) is 8.19. The van der Waals surface area contributed by atoms with Gasteiger partial charge in [-0.15, -0.1) is 5.10 Å². The number of halogens is 1. The van der Waals surface area contributed by atoms with Crippen LogP contribution in [0.1, 0.15) is 33.6 Å². The first-order chi connectivity index (χ1) is 15.3. The molecule has 2 aromatic heterocycles. The zero-order valence-electron chi connectivity index (χ0n) is 18.4. The lowest BCUT2D eigenvalue weighted by molar-refractivity contribution is -0.132. The summed E-state index contributed by atoms with van der Waals surface area (Å²) in [5, 5.41) is 4.87. The average Bonchev–Trinajstić information content (AvgIpc) is 3.32. The van der Waals surface area contributed by atoms with E-state index in [1.165, 1.54) is 15.4 Å². The predicted octanol–water partition coefficient (Wildman–Crippen LogP) is 3.55. The molecular formula is C23H26ClN5O3. The van der Waals surface area contributed by atoms with E-state index in [-0.39, 0.29) is 24.6 Å². The van der Waals surface area contributed by atoms with Gasteiger partial charge in [0.2, 0.25) is 5.91 Å². The third kappa shape index (κ3) is 4.41. The Kier molecular flexibility index (Phi) is 6.32. The predicted molar refractivity (Wildman–Crippen MR) is 122 cm³/mol. The molecule has 1 saturated heterocycles. The molecule has 4 rings (SSSR count). The van der Waals surface area contributed by atoms with Gasteiger partial charge in [-0.3, -0.25) is 9.78 Å². The van der Waals surface area contributed by atoms with Gasteiger partial charge in [-0.2, -0.15) is 0 Å². The molecule has 0 aliphatic carbocycles. The Balaban J connectivity index is 1.76. The van der Waals surface area contributed by atoms with Gasteiger partial charge in [-0.25, -0.2) is 14.0 Å². The maximum absolute atomic E-state index is 13.4. The van der Waals surface area contributed by atoms with Gasteiger partial charge in [0.1, 0.15) is 12.3 Å². The number of rotatable bonds is 6. The van der Waals surface area contributed by atoms with E-state index in [2.05, 4.69) is 10.1 Å². The number of hydrogen-bond donors (Lipinski definition) is 0. The van der Waals surface area contributed by atoms with Crippen molar-refractivity contribution in [3.63, 3.8) is 0 Å². The summed E-state index contributed by atoms with van der Waals surface area (Å²) < 4.78 is 8.37. The molecule has 1 aromatic carbocycles. The number of carbonyl (C=O) groups is 1. The molecule has 1 unspecified atom stereocenters. The fourth-order valence-corrected chi connectivity index (χ4v) is 4.15. The molecule has 9 heteroatoms. The second kappa shape index (κ2) is 9.16. The number of hydrogen-bond acceptors (Lipinski definition) is 5. The maximum atomic E-state index is 13.4. The summed E-state index contributed by atoms with van der Waals surface area (Å²) in [4.78, 5) is 32.0. The van der Waals surface area contributed by atoms with E-state index < -0.39 is 5.69 Å². The Bertz CT molecular complexity index is 1170. The van der Waals surface area contributed by atoms with E-state index in [9.17, 15) is 9.59 Å². The fraction of sp³-hybridized carbons (Fsp3) is 0.391. The molecule has 1 fully saturated rings. The molecule has 1 atom stereocenters. The fourth-order valence-electron chi connectivity index (χ4n) is 3.94. The van der Waals surface area contributed by atoms with Gasteiger partial charge in [0, 0.05) is 30.5 Å². The summed E-state index contributed by atoms with van der Waals surface area (Å²) in [7, 11) is 0. The van der Waals surface area contributed by atoms with E-state index >= 15 is 0 Å². The topological polar surface area (TPSA) is 82.2 Å². The van der Waals surface area contributed by atoms with Gasteiger partial charge in [-0.05, 0) is 63.9 Å². The quantitative estimate of drug-likeness (QED) is 0.567. The first kappa shape index (κ1) is 22.1. The van der Waals surface area contributed by atoms with Crippen LogP contribution in [0.15, 0.2) is 47.5 Å². The van der Waals surface area contributed by atoms with Crippen molar-refractivity contribution in [2.24, 2.45) is 0 Å². The number of likely N-dealkylation sites (tertiary alicyclic amines) is 1. The van der Waals surface area contributed by atoms with Gasteiger partial charge < -0.3 is 9.64 Å². The summed E-state index contributed by atoms with van der Waals surface area (Å²) in [6, 6.07) is 9.04. The Morgan fingerprint density at radius 1 is 1.25 bits per heavy atom. The number of ether oxygens (including phenoxy) is 1. The van der Waals surface area contributed by atoms with Crippen LogP contribution in [0.25, 0.3) is 17.1 Å². The minimum Gasteiger partial charge on any atom is -0.491 e. The molecule has 3 aromatic rings. The SMILES string of the molecule is CC(C)Oc1ccc(-n2c(-c3ccncc3Cl)nn(CC(=O)N3CCCC3C)c2=O)cc1. The molecule has 168 valence electrons. The Labute approximate surface area is 191 Å². The highest BCUT2D eigenvalue weighted by atomic mass is 35.5. The normalized spacial score (nSPS) is 16.0. The Morgan fingerprint density at radius 3 is 2.62 bits per heavy atom. The molecule has 0 saturated carbocycles. The zero-order valence-corrected chi connectivity index (χ0v) is 19.1. The highest BCUT2D eigenvalue weighted by Crippen LogP contribution is 2.27. The minimum atomic E-state index is -0.411. The molecule has 1 aliphatic rings. The number of benzene rings is 1. The third-order valence-electron chi connectivity index (χ3n) is 5.48. The van der Waals surface area contributed by atoms with Crippen LogP contribution in [0.5, 0.6) is 5.75 Å². The number of carbonyl (C=O) groups excluding carboxylic acids is 1. The van der Waals surface area contributed by atoms with Gasteiger partial charge in [-0.1, -0.05) is 11.6 Å². The lowest BCUT2D eigenvalue weighted by atomic mass is 10.2. The van der Waals surface area contributed by atoms with E-state index in [0.717, 1.165) is 12.8 Å². The molecule has 32 heavy (non-hydrogen) atoms. The van der Waals surface area contributed by atoms with Crippen LogP contribution < -0.4 is 10.4 Å². The van der Waals surface area contributed by atoms with Crippen LogP contribution in [-0.2, 0) is 11.3 Å². The van der Waals surface area contributed by atoms with Crippen LogP contribution in [0.2, 0.25) is 5.02 Å². The van der Waals surface area contributed by atoms with Crippen LogP contribution in [0.4, 0.5) is 0 Å². The summed E-state index contributed by atoms with van der Waals surface area (Å²) in [5.74, 6) is 0.933. The molecular weight excluding hydrogens is 430 g/mol. The van der Waals surface area contributed by atoms with Crippen molar-refractivity contribution in [2.45, 2.75) is 52.3 Å². The van der Waals surface area contributed by atoms with E-state index in [1.54, 1.807) is 36.5 Å². The van der Waals surface area contributed by atoms with Crippen molar-refractivity contribution < 1.29 is 9.53 Å². The van der Waals surface area contributed by atoms with Crippen molar-refractivity contribution in [3.05, 3.63) is 58.2 Å². The minimum absolute atomic E-state index is 0.0384. The van der Waals surface area contributed by atoms with E-state index in [0.29, 0.717) is 34.4 Å². The summed E-state index contributed by atoms with van der Waals surface area (Å²) >= 11 is 6.37. The average molecular weight is 456 g/mol. The highest BCUT2D eigenvalue weighted by Gasteiger charge is 2.27. The van der Waals surface area contributed by atoms with E-state index in [1.807, 2.05) is 25.7 Å². The lowest BCUT2D eigenvalue weighted by Crippen LogP contribution is -2.38. The van der Waals surface area contributed by atoms with Crippen molar-refractivity contribution in [3.8, 4) is 22.8 Å². The van der Waals surface area contributed by atoms with Crippen molar-refractivity contribution in [1.29, 1.82) is 0 Å². The largest absolute Gasteiger partial charge is 0.491 e. The Hall–Kier alpha value is -3.13. The van der Waals surface area contributed by atoms with Gasteiger partial charge in [0.05, 0.1) is 16.8 Å². The van der Waals surface area contributed by atoms with Gasteiger partial charge in [0.15, 0.2) is 5.82 Å². The number of amides is 1. The Morgan fingerprint density at radius 2 is 2.00 bits per heavy atom. The van der Waals surface area contributed by atoms with Crippen molar-refractivity contribution in [2.75, 3.05) is 6.54 Å². The smallest absolute Gasteiger partial charge is 0.351 e. The van der Waals surface area contributed by atoms with Crippen LogP contribution in [0.3, 0.4) is 0 Å². The summed E-state index contributed by atoms with van der Waals surface area (Å²) in [5.41, 5.74) is 0.745. The molecule has 0 radical (unpaired) electrons. The van der Waals surface area contributed by atoms with Crippen molar-refractivity contribution in [1.82, 2.24) is 24.2 Å². The third-order valence-corrected chi connectivity index (χ3v) is 5.78. The monoisotopic (exact) mass is 455 g/mol. The first-order valence-electron chi connectivity index (χ1n) is 10.7. The molecule has 0 bridgehead atoms. The summed E-state index contributed by atoms with van der Waals surface area (Å²) in [6.45, 7) is 6.50. The van der Waals surface area contributed by atoms with Gasteiger partial charge >= 0.3 is 5.69 Å². The molecule has 0 spiro atoms. The maximum Gasteiger partial charge on any atom is 0.351 e. The van der Waals surface area contributed by atoms with Crippen LogP contribution in [0, 0.1) is 0 Å². The van der Waals surface area contributed by atoms with E-state index in [4.69, 9.17) is 16.3 Å². The second-order valence-corrected chi connectivity index (χ2v) is 8.60. The number of pyridine rings is 1. The first-order valence-corrected chi connectivity index (χ1v) is 11.1. The number of aromatic nitrogens is 4. The van der Waals surface area contributed by atoms with Crippen LogP contribution >= 0.6 is 11.6 Å². The molecule has 8 nitrogen and oxygen atoms in total. The summed E-state index contributed by atoms with van der Waals surface area (Å²) in [6.07, 6.45) is 5.07. The number of nitrogens with zero attached hydrogens (tertiary/aromatic N) is 5. The van der Waals surface area contributed by atoms with Gasteiger partial charge in [0.25, 0.3) is 0 Å². The zero-order chi connectivity index (χ0) is 22.8. The molecule has 3 heterocycles. The standard InChI is InChI=1S/C23H26ClN5O3/c1-15(2)32-18-8-6-17(7-9-18)29-22(19-10-11-25-13-20(19)24)26-28(23(29)31)14-21(30)27-12-4-5-16(27)3/h6-11,13,15-16H,4-5,12,14H2,1-3H3. The molecule has 1 aliphatic heterocycles. The molecule has 0 N–H and O–H groups in total. The molecule has 1 amide bonds.